The Labute approximate surface area is 123 Å². The number of thiophene rings is 1. The number of hydrogen-bond acceptors (Lipinski definition) is 4. The van der Waals surface area contributed by atoms with E-state index in [9.17, 15) is 4.79 Å². The molecule has 1 heterocycles. The largest absolute Gasteiger partial charge is 0.397 e. The Bertz CT molecular complexity index is 590. The molecule has 1 unspecified atom stereocenters. The van der Waals surface area contributed by atoms with Crippen LogP contribution in [-0.4, -0.2) is 5.78 Å². The molecule has 2 aromatic rings. The van der Waals surface area contributed by atoms with Crippen LogP contribution in [0.3, 0.4) is 0 Å². The van der Waals surface area contributed by atoms with Crippen LogP contribution < -0.4 is 11.1 Å². The Kier molecular flexibility index (Phi) is 4.45. The fraction of sp³-hybridized carbons (Fsp3) is 0.312. The van der Waals surface area contributed by atoms with E-state index in [2.05, 4.69) is 24.4 Å². The highest BCUT2D eigenvalue weighted by atomic mass is 32.1. The summed E-state index contributed by atoms with van der Waals surface area (Å²) in [5.41, 5.74) is 7.72. The Balaban J connectivity index is 2.15. The Morgan fingerprint density at radius 2 is 1.85 bits per heavy atom. The van der Waals surface area contributed by atoms with Gasteiger partial charge in [-0.15, -0.1) is 11.3 Å². The number of carbonyl (C=O) groups is 1. The maximum Gasteiger partial charge on any atom is 0.177 e. The number of nitrogen functional groups attached to an aromatic ring is 1. The maximum absolute atomic E-state index is 12.0. The van der Waals surface area contributed by atoms with Crippen molar-refractivity contribution in [3.05, 3.63) is 46.8 Å². The van der Waals surface area contributed by atoms with Gasteiger partial charge in [-0.1, -0.05) is 44.2 Å². The minimum atomic E-state index is -0.0321. The third-order valence-corrected chi connectivity index (χ3v) is 4.26. The molecule has 3 N–H and O–H groups in total. The van der Waals surface area contributed by atoms with E-state index in [-0.39, 0.29) is 17.7 Å². The van der Waals surface area contributed by atoms with Gasteiger partial charge in [0.25, 0.3) is 0 Å². The van der Waals surface area contributed by atoms with E-state index in [0.717, 1.165) is 5.00 Å². The lowest BCUT2D eigenvalue weighted by Gasteiger charge is -2.13. The lowest BCUT2D eigenvalue weighted by Crippen LogP contribution is -2.07. The van der Waals surface area contributed by atoms with Gasteiger partial charge in [0.2, 0.25) is 0 Å². The van der Waals surface area contributed by atoms with Crippen molar-refractivity contribution in [3.8, 4) is 0 Å². The Morgan fingerprint density at radius 1 is 1.20 bits per heavy atom. The van der Waals surface area contributed by atoms with Crippen LogP contribution in [-0.2, 0) is 0 Å². The predicted molar refractivity (Wildman–Crippen MR) is 86.4 cm³/mol. The van der Waals surface area contributed by atoms with Gasteiger partial charge in [0, 0.05) is 12.0 Å². The fourth-order valence-electron chi connectivity index (χ4n) is 1.97. The molecule has 1 aromatic heterocycles. The van der Waals surface area contributed by atoms with Crippen molar-refractivity contribution < 1.29 is 4.79 Å². The summed E-state index contributed by atoms with van der Waals surface area (Å²) in [7, 11) is 0. The molecule has 0 aliphatic rings. The molecule has 2 rings (SSSR count). The number of Topliss-reactive ketones (excluding diaryl/α,β-unsaturated/α-hetero) is 1. The molecule has 0 spiro atoms. The predicted octanol–water partition coefficient (Wildman–Crippen LogP) is 4.34. The smallest absolute Gasteiger partial charge is 0.177 e. The van der Waals surface area contributed by atoms with E-state index >= 15 is 0 Å². The van der Waals surface area contributed by atoms with Crippen LogP contribution >= 0.6 is 11.3 Å². The van der Waals surface area contributed by atoms with E-state index < -0.39 is 0 Å². The van der Waals surface area contributed by atoms with Crippen LogP contribution in [0.15, 0.2) is 36.4 Å². The SMILES string of the molecule is CC(C)C(=O)c1sc(NC(C)c2ccccc2)cc1N. The number of rotatable bonds is 5. The van der Waals surface area contributed by atoms with Crippen LogP contribution in [0.25, 0.3) is 0 Å². The van der Waals surface area contributed by atoms with Crippen LogP contribution in [0.5, 0.6) is 0 Å². The van der Waals surface area contributed by atoms with Crippen molar-refractivity contribution in [3.63, 3.8) is 0 Å². The summed E-state index contributed by atoms with van der Waals surface area (Å²) in [4.78, 5) is 12.7. The highest BCUT2D eigenvalue weighted by Gasteiger charge is 2.18. The number of ketones is 1. The molecular weight excluding hydrogens is 268 g/mol. The molecule has 0 saturated heterocycles. The van der Waals surface area contributed by atoms with E-state index in [4.69, 9.17) is 5.73 Å². The minimum Gasteiger partial charge on any atom is -0.397 e. The first kappa shape index (κ1) is 14.6. The zero-order valence-electron chi connectivity index (χ0n) is 12.0. The monoisotopic (exact) mass is 288 g/mol. The van der Waals surface area contributed by atoms with Crippen LogP contribution in [0.2, 0.25) is 0 Å². The van der Waals surface area contributed by atoms with Gasteiger partial charge >= 0.3 is 0 Å². The van der Waals surface area contributed by atoms with Crippen molar-refractivity contribution in [2.45, 2.75) is 26.8 Å². The van der Waals surface area contributed by atoms with Crippen LogP contribution in [0.4, 0.5) is 10.7 Å². The third-order valence-electron chi connectivity index (χ3n) is 3.17. The Hall–Kier alpha value is -1.81. The molecule has 0 bridgehead atoms. The van der Waals surface area contributed by atoms with Gasteiger partial charge in [-0.3, -0.25) is 4.79 Å². The molecule has 3 nitrogen and oxygen atoms in total. The average molecular weight is 288 g/mol. The summed E-state index contributed by atoms with van der Waals surface area (Å²) in [5, 5.41) is 4.33. The molecule has 0 saturated carbocycles. The molecule has 0 radical (unpaired) electrons. The van der Waals surface area contributed by atoms with Crippen molar-refractivity contribution in [1.82, 2.24) is 0 Å². The molecule has 1 atom stereocenters. The molecule has 0 aliphatic carbocycles. The highest BCUT2D eigenvalue weighted by Crippen LogP contribution is 2.33. The van der Waals surface area contributed by atoms with Crippen LogP contribution in [0.1, 0.15) is 42.0 Å². The zero-order chi connectivity index (χ0) is 14.7. The number of anilines is 2. The normalized spacial score (nSPS) is 12.4. The first-order valence-electron chi connectivity index (χ1n) is 6.74. The first-order valence-corrected chi connectivity index (χ1v) is 7.55. The van der Waals surface area contributed by atoms with Gasteiger partial charge in [-0.05, 0) is 18.6 Å². The van der Waals surface area contributed by atoms with E-state index in [1.54, 1.807) is 0 Å². The number of carbonyl (C=O) groups excluding carboxylic acids is 1. The number of hydrogen-bond donors (Lipinski definition) is 2. The second-order valence-electron chi connectivity index (χ2n) is 5.19. The van der Waals surface area contributed by atoms with E-state index in [1.807, 2.05) is 38.1 Å². The topological polar surface area (TPSA) is 55.1 Å². The van der Waals surface area contributed by atoms with Gasteiger partial charge in [0.05, 0.1) is 15.6 Å². The molecule has 106 valence electrons. The average Bonchev–Trinajstić information content (AvgIpc) is 2.79. The van der Waals surface area contributed by atoms with Crippen molar-refractivity contribution in [1.29, 1.82) is 0 Å². The lowest BCUT2D eigenvalue weighted by molar-refractivity contribution is 0.0944. The third kappa shape index (κ3) is 3.20. The molecule has 0 amide bonds. The summed E-state index contributed by atoms with van der Waals surface area (Å²) in [5.74, 6) is 0.0725. The van der Waals surface area contributed by atoms with Crippen LogP contribution in [0, 0.1) is 5.92 Å². The number of nitrogens with one attached hydrogen (secondary N) is 1. The minimum absolute atomic E-state index is 0.0321. The van der Waals surface area contributed by atoms with Gasteiger partial charge in [0.1, 0.15) is 0 Å². The Morgan fingerprint density at radius 3 is 2.45 bits per heavy atom. The highest BCUT2D eigenvalue weighted by molar-refractivity contribution is 7.18. The second-order valence-corrected chi connectivity index (χ2v) is 6.24. The summed E-state index contributed by atoms with van der Waals surface area (Å²) in [6.45, 7) is 5.87. The number of benzene rings is 1. The molecule has 0 aliphatic heterocycles. The van der Waals surface area contributed by atoms with Crippen molar-refractivity contribution in [2.75, 3.05) is 11.1 Å². The zero-order valence-corrected chi connectivity index (χ0v) is 12.8. The second kappa shape index (κ2) is 6.09. The van der Waals surface area contributed by atoms with E-state index in [0.29, 0.717) is 10.6 Å². The fourth-order valence-corrected chi connectivity index (χ4v) is 3.12. The summed E-state index contributed by atoms with van der Waals surface area (Å²) in [6, 6.07) is 12.2. The summed E-state index contributed by atoms with van der Waals surface area (Å²) >= 11 is 1.43. The summed E-state index contributed by atoms with van der Waals surface area (Å²) in [6.07, 6.45) is 0. The number of nitrogens with two attached hydrogens (primary N) is 1. The molecule has 4 heteroatoms. The van der Waals surface area contributed by atoms with Gasteiger partial charge in [-0.25, -0.2) is 0 Å². The standard InChI is InChI=1S/C16H20N2OS/c1-10(2)15(19)16-13(17)9-14(20-16)18-11(3)12-7-5-4-6-8-12/h4-11,18H,17H2,1-3H3. The summed E-state index contributed by atoms with van der Waals surface area (Å²) < 4.78 is 0. The van der Waals surface area contributed by atoms with Gasteiger partial charge in [0.15, 0.2) is 5.78 Å². The maximum atomic E-state index is 12.0. The van der Waals surface area contributed by atoms with Crippen molar-refractivity contribution >= 4 is 27.8 Å². The molecular formula is C16H20N2OS. The molecule has 20 heavy (non-hydrogen) atoms. The quantitative estimate of drug-likeness (QED) is 0.805. The lowest BCUT2D eigenvalue weighted by atomic mass is 10.1. The molecule has 0 fully saturated rings. The van der Waals surface area contributed by atoms with Crippen molar-refractivity contribution in [2.24, 2.45) is 5.92 Å². The van der Waals surface area contributed by atoms with Gasteiger partial charge in [-0.2, -0.15) is 0 Å². The molecule has 1 aromatic carbocycles. The first-order chi connectivity index (χ1) is 9.49. The van der Waals surface area contributed by atoms with Gasteiger partial charge < -0.3 is 11.1 Å². The van der Waals surface area contributed by atoms with E-state index in [1.165, 1.54) is 16.9 Å².